The Bertz CT molecular complexity index is 389. The predicted octanol–water partition coefficient (Wildman–Crippen LogP) is 2.21. The summed E-state index contributed by atoms with van der Waals surface area (Å²) in [5.74, 6) is -0.846. The molecular weight excluding hydrogens is 251 g/mol. The maximum atomic E-state index is 13.2. The third kappa shape index (κ3) is 2.03. The van der Waals surface area contributed by atoms with Gasteiger partial charge in [0.1, 0.15) is 11.6 Å². The third-order valence-electron chi connectivity index (χ3n) is 1.80. The number of phenols is 1. The van der Waals surface area contributed by atoms with Crippen LogP contribution in [0.2, 0.25) is 0 Å². The van der Waals surface area contributed by atoms with Crippen molar-refractivity contribution < 1.29 is 9.50 Å². The Balaban J connectivity index is 3.19. The second kappa shape index (κ2) is 4.40. The number of rotatable bonds is 2. The molecule has 0 aliphatic heterocycles. The second-order valence-corrected chi connectivity index (χ2v) is 3.61. The van der Waals surface area contributed by atoms with Crippen LogP contribution in [-0.4, -0.2) is 5.11 Å². The zero-order chi connectivity index (χ0) is 10.7. The van der Waals surface area contributed by atoms with E-state index in [1.807, 2.05) is 6.07 Å². The van der Waals surface area contributed by atoms with Crippen molar-refractivity contribution in [3.8, 4) is 11.8 Å². The highest BCUT2D eigenvalue weighted by molar-refractivity contribution is 9.10. The molecule has 0 aromatic heterocycles. The van der Waals surface area contributed by atoms with Gasteiger partial charge in [0.25, 0.3) is 0 Å². The van der Waals surface area contributed by atoms with Crippen LogP contribution in [0.4, 0.5) is 4.39 Å². The lowest BCUT2D eigenvalue weighted by Gasteiger charge is -2.12. The van der Waals surface area contributed by atoms with Crippen LogP contribution >= 0.6 is 15.9 Å². The van der Waals surface area contributed by atoms with Crippen molar-refractivity contribution in [1.29, 1.82) is 5.26 Å². The molecule has 74 valence electrons. The topological polar surface area (TPSA) is 70.0 Å². The third-order valence-corrected chi connectivity index (χ3v) is 2.44. The van der Waals surface area contributed by atoms with E-state index in [4.69, 9.17) is 11.0 Å². The standard InChI is InChI=1S/C9H8BrFN2O/c10-5-1-2-6(11)8(9(5)14)7(13)3-4-12/h1-2,7,14H,3,13H2. The summed E-state index contributed by atoms with van der Waals surface area (Å²) in [6.07, 6.45) is -0.0407. The van der Waals surface area contributed by atoms with Crippen molar-refractivity contribution in [2.45, 2.75) is 12.5 Å². The van der Waals surface area contributed by atoms with E-state index in [2.05, 4.69) is 15.9 Å². The van der Waals surface area contributed by atoms with Crippen LogP contribution < -0.4 is 5.73 Å². The summed E-state index contributed by atoms with van der Waals surface area (Å²) < 4.78 is 13.6. The fourth-order valence-corrected chi connectivity index (χ4v) is 1.46. The van der Waals surface area contributed by atoms with Crippen LogP contribution in [0.25, 0.3) is 0 Å². The number of hydrogen-bond acceptors (Lipinski definition) is 3. The van der Waals surface area contributed by atoms with Gasteiger partial charge in [0.05, 0.1) is 17.0 Å². The molecule has 3 nitrogen and oxygen atoms in total. The van der Waals surface area contributed by atoms with Gasteiger partial charge in [0, 0.05) is 11.6 Å². The fraction of sp³-hybridized carbons (Fsp3) is 0.222. The van der Waals surface area contributed by atoms with Crippen molar-refractivity contribution in [2.24, 2.45) is 5.73 Å². The van der Waals surface area contributed by atoms with E-state index in [0.717, 1.165) is 0 Å². The van der Waals surface area contributed by atoms with Gasteiger partial charge in [-0.15, -0.1) is 0 Å². The summed E-state index contributed by atoms with van der Waals surface area (Å²) >= 11 is 3.04. The average Bonchev–Trinajstić information content (AvgIpc) is 2.13. The minimum absolute atomic E-state index is 0.0269. The molecule has 0 heterocycles. The van der Waals surface area contributed by atoms with Crippen LogP contribution in [0.5, 0.6) is 5.75 Å². The Kier molecular flexibility index (Phi) is 3.44. The molecule has 0 aliphatic rings. The van der Waals surface area contributed by atoms with E-state index in [9.17, 15) is 9.50 Å². The number of benzene rings is 1. The fourth-order valence-electron chi connectivity index (χ4n) is 1.11. The first-order valence-corrected chi connectivity index (χ1v) is 4.66. The summed E-state index contributed by atoms with van der Waals surface area (Å²) in [6.45, 7) is 0. The molecule has 0 bridgehead atoms. The summed E-state index contributed by atoms with van der Waals surface area (Å²) in [4.78, 5) is 0. The van der Waals surface area contributed by atoms with Crippen molar-refractivity contribution in [3.63, 3.8) is 0 Å². The van der Waals surface area contributed by atoms with E-state index in [0.29, 0.717) is 4.47 Å². The van der Waals surface area contributed by atoms with Crippen LogP contribution in [0.15, 0.2) is 16.6 Å². The molecule has 3 N–H and O–H groups in total. The van der Waals surface area contributed by atoms with Crippen molar-refractivity contribution in [2.75, 3.05) is 0 Å². The number of nitrogens with zero attached hydrogens (tertiary/aromatic N) is 1. The average molecular weight is 259 g/mol. The highest BCUT2D eigenvalue weighted by Gasteiger charge is 2.17. The van der Waals surface area contributed by atoms with Gasteiger partial charge in [-0.25, -0.2) is 4.39 Å². The molecule has 1 aromatic rings. The van der Waals surface area contributed by atoms with E-state index in [-0.39, 0.29) is 17.7 Å². The summed E-state index contributed by atoms with van der Waals surface area (Å²) in [5.41, 5.74) is 5.51. The van der Waals surface area contributed by atoms with Gasteiger partial charge in [0.2, 0.25) is 0 Å². The molecular formula is C9H8BrFN2O. The van der Waals surface area contributed by atoms with Gasteiger partial charge >= 0.3 is 0 Å². The molecule has 0 saturated carbocycles. The van der Waals surface area contributed by atoms with Gasteiger partial charge in [-0.3, -0.25) is 0 Å². The molecule has 1 unspecified atom stereocenters. The smallest absolute Gasteiger partial charge is 0.137 e. The molecule has 14 heavy (non-hydrogen) atoms. The summed E-state index contributed by atoms with van der Waals surface area (Å²) in [6, 6.07) is 3.59. The molecule has 0 spiro atoms. The molecule has 1 atom stereocenters. The van der Waals surface area contributed by atoms with Crippen molar-refractivity contribution in [1.82, 2.24) is 0 Å². The van der Waals surface area contributed by atoms with Crippen LogP contribution in [0.3, 0.4) is 0 Å². The first kappa shape index (κ1) is 11.0. The lowest BCUT2D eigenvalue weighted by Crippen LogP contribution is -2.11. The number of nitrogens with two attached hydrogens (primary N) is 1. The maximum Gasteiger partial charge on any atom is 0.137 e. The maximum absolute atomic E-state index is 13.2. The molecule has 0 aliphatic carbocycles. The lowest BCUT2D eigenvalue weighted by atomic mass is 10.0. The molecule has 0 amide bonds. The Morgan fingerprint density at radius 1 is 1.64 bits per heavy atom. The molecule has 0 radical (unpaired) electrons. The van der Waals surface area contributed by atoms with Gasteiger partial charge in [-0.05, 0) is 28.1 Å². The number of aromatic hydroxyl groups is 1. The quantitative estimate of drug-likeness (QED) is 0.855. The van der Waals surface area contributed by atoms with Gasteiger partial charge in [-0.1, -0.05) is 0 Å². The zero-order valence-electron chi connectivity index (χ0n) is 7.17. The first-order chi connectivity index (χ1) is 6.57. The Labute approximate surface area is 89.1 Å². The van der Waals surface area contributed by atoms with Gasteiger partial charge in [0.15, 0.2) is 0 Å². The van der Waals surface area contributed by atoms with E-state index >= 15 is 0 Å². The normalized spacial score (nSPS) is 12.1. The lowest BCUT2D eigenvalue weighted by molar-refractivity contribution is 0.446. The number of nitriles is 1. The van der Waals surface area contributed by atoms with E-state index in [1.54, 1.807) is 0 Å². The van der Waals surface area contributed by atoms with Crippen LogP contribution in [0.1, 0.15) is 18.0 Å². The largest absolute Gasteiger partial charge is 0.506 e. The molecule has 1 aromatic carbocycles. The molecule has 5 heteroatoms. The summed E-state index contributed by atoms with van der Waals surface area (Å²) in [5, 5.41) is 17.9. The highest BCUT2D eigenvalue weighted by Crippen LogP contribution is 2.33. The van der Waals surface area contributed by atoms with Crippen molar-refractivity contribution >= 4 is 15.9 Å². The minimum Gasteiger partial charge on any atom is -0.506 e. The molecule has 0 fully saturated rings. The predicted molar refractivity (Wildman–Crippen MR) is 52.9 cm³/mol. The Hall–Kier alpha value is -1.12. The summed E-state index contributed by atoms with van der Waals surface area (Å²) in [7, 11) is 0. The van der Waals surface area contributed by atoms with Gasteiger partial charge in [-0.2, -0.15) is 5.26 Å². The van der Waals surface area contributed by atoms with E-state index in [1.165, 1.54) is 12.1 Å². The number of hydrogen-bond donors (Lipinski definition) is 2. The van der Waals surface area contributed by atoms with Crippen molar-refractivity contribution in [3.05, 3.63) is 28.0 Å². The van der Waals surface area contributed by atoms with Crippen LogP contribution in [-0.2, 0) is 0 Å². The monoisotopic (exact) mass is 258 g/mol. The minimum atomic E-state index is -0.808. The van der Waals surface area contributed by atoms with E-state index < -0.39 is 11.9 Å². The Morgan fingerprint density at radius 3 is 2.86 bits per heavy atom. The second-order valence-electron chi connectivity index (χ2n) is 2.76. The zero-order valence-corrected chi connectivity index (χ0v) is 8.75. The number of halogens is 2. The SMILES string of the molecule is N#CCC(N)c1c(F)ccc(Br)c1O. The van der Waals surface area contributed by atoms with Gasteiger partial charge < -0.3 is 10.8 Å². The number of phenolic OH excluding ortho intramolecular Hbond substituents is 1. The molecule has 1 rings (SSSR count). The first-order valence-electron chi connectivity index (χ1n) is 3.87. The highest BCUT2D eigenvalue weighted by atomic mass is 79.9. The van der Waals surface area contributed by atoms with Crippen LogP contribution in [0, 0.1) is 17.1 Å². The molecule has 0 saturated heterocycles. The Morgan fingerprint density at radius 2 is 2.29 bits per heavy atom.